The highest BCUT2D eigenvalue weighted by Crippen LogP contribution is 2.39. The Kier molecular flexibility index (Phi) is 6.33. The Morgan fingerprint density at radius 3 is 2.77 bits per heavy atom. The number of aromatic amines is 1. The van der Waals surface area contributed by atoms with E-state index in [2.05, 4.69) is 84.1 Å². The number of aryl methyl sites for hydroxylation is 2. The van der Waals surface area contributed by atoms with Crippen molar-refractivity contribution in [1.82, 2.24) is 30.2 Å². The molecule has 4 heterocycles. The van der Waals surface area contributed by atoms with Crippen LogP contribution in [0.3, 0.4) is 0 Å². The number of hydrogen-bond acceptors (Lipinski definition) is 7. The summed E-state index contributed by atoms with van der Waals surface area (Å²) >= 11 is 0. The lowest BCUT2D eigenvalue weighted by molar-refractivity contribution is 0.310. The lowest BCUT2D eigenvalue weighted by Gasteiger charge is -2.34. The number of imidazole rings is 1. The van der Waals surface area contributed by atoms with Crippen molar-refractivity contribution in [2.24, 2.45) is 5.41 Å². The van der Waals surface area contributed by atoms with Gasteiger partial charge in [0.05, 0.1) is 18.6 Å². The topological polar surface area (TPSA) is 91.9 Å². The lowest BCUT2D eigenvalue weighted by Crippen LogP contribution is -2.37. The zero-order chi connectivity index (χ0) is 27.4. The van der Waals surface area contributed by atoms with E-state index in [-0.39, 0.29) is 11.0 Å². The van der Waals surface area contributed by atoms with Gasteiger partial charge in [-0.05, 0) is 76.1 Å². The third-order valence-electron chi connectivity index (χ3n) is 7.72. The average molecular weight is 526 g/mol. The SMILES string of the molecule is Cc1nc2ncc(-c3ccc4c(c3)CN(c3nc(CNC(C)(C)C)nc5c3CC(C)(C)CC5)CCO4)cc2[nH]1. The van der Waals surface area contributed by atoms with Crippen molar-refractivity contribution in [3.05, 3.63) is 58.9 Å². The average Bonchev–Trinajstić information content (AvgIpc) is 3.12. The second-order valence-electron chi connectivity index (χ2n) is 12.8. The second kappa shape index (κ2) is 9.59. The Morgan fingerprint density at radius 1 is 1.10 bits per heavy atom. The third kappa shape index (κ3) is 5.48. The molecule has 0 fully saturated rings. The molecule has 1 aliphatic carbocycles. The Morgan fingerprint density at radius 2 is 1.95 bits per heavy atom. The molecule has 2 N–H and O–H groups in total. The molecule has 4 aromatic rings. The number of rotatable bonds is 4. The van der Waals surface area contributed by atoms with Gasteiger partial charge in [-0.3, -0.25) is 0 Å². The van der Waals surface area contributed by atoms with E-state index in [1.807, 2.05) is 13.1 Å². The van der Waals surface area contributed by atoms with Crippen LogP contribution in [0.25, 0.3) is 22.3 Å². The zero-order valence-electron chi connectivity index (χ0n) is 24.0. The summed E-state index contributed by atoms with van der Waals surface area (Å²) < 4.78 is 6.24. The third-order valence-corrected chi connectivity index (χ3v) is 7.72. The van der Waals surface area contributed by atoms with Gasteiger partial charge in [0.1, 0.15) is 29.8 Å². The number of anilines is 1. The molecule has 0 bridgehead atoms. The molecule has 0 radical (unpaired) electrons. The van der Waals surface area contributed by atoms with Crippen LogP contribution in [-0.4, -0.2) is 43.6 Å². The number of H-pyrrole nitrogens is 1. The Labute approximate surface area is 230 Å². The fourth-order valence-corrected chi connectivity index (χ4v) is 5.60. The van der Waals surface area contributed by atoms with Crippen LogP contribution in [0.1, 0.15) is 69.5 Å². The molecule has 0 atom stereocenters. The van der Waals surface area contributed by atoms with E-state index in [1.165, 1.54) is 11.3 Å². The monoisotopic (exact) mass is 525 g/mol. The van der Waals surface area contributed by atoms with Crippen molar-refractivity contribution in [1.29, 1.82) is 0 Å². The van der Waals surface area contributed by atoms with Crippen LogP contribution in [-0.2, 0) is 25.9 Å². The van der Waals surface area contributed by atoms with Gasteiger partial charge in [0.15, 0.2) is 5.65 Å². The summed E-state index contributed by atoms with van der Waals surface area (Å²) in [7, 11) is 0. The fraction of sp³-hybridized carbons (Fsp3) is 0.484. The summed E-state index contributed by atoms with van der Waals surface area (Å²) in [5.74, 6) is 3.74. The lowest BCUT2D eigenvalue weighted by atomic mass is 9.76. The van der Waals surface area contributed by atoms with Crippen LogP contribution in [0, 0.1) is 12.3 Å². The van der Waals surface area contributed by atoms with E-state index in [0.717, 1.165) is 83.4 Å². The minimum atomic E-state index is -0.0000413. The van der Waals surface area contributed by atoms with Gasteiger partial charge in [-0.2, -0.15) is 0 Å². The predicted octanol–water partition coefficient (Wildman–Crippen LogP) is 5.53. The molecule has 1 aromatic carbocycles. The van der Waals surface area contributed by atoms with Gasteiger partial charge in [-0.15, -0.1) is 0 Å². The van der Waals surface area contributed by atoms with Crippen molar-refractivity contribution < 1.29 is 4.74 Å². The number of fused-ring (bicyclic) bond motifs is 3. The molecule has 1 aliphatic heterocycles. The maximum atomic E-state index is 6.24. The first kappa shape index (κ1) is 25.7. The largest absolute Gasteiger partial charge is 0.491 e. The Balaban J connectivity index is 1.36. The van der Waals surface area contributed by atoms with E-state index >= 15 is 0 Å². The highest BCUT2D eigenvalue weighted by atomic mass is 16.5. The molecule has 6 rings (SSSR count). The molecule has 0 saturated carbocycles. The van der Waals surface area contributed by atoms with Crippen LogP contribution in [0.4, 0.5) is 5.82 Å². The van der Waals surface area contributed by atoms with Gasteiger partial charge in [-0.25, -0.2) is 19.9 Å². The van der Waals surface area contributed by atoms with Crippen LogP contribution < -0.4 is 15.0 Å². The molecule has 204 valence electrons. The van der Waals surface area contributed by atoms with E-state index in [0.29, 0.717) is 13.2 Å². The first-order chi connectivity index (χ1) is 18.5. The van der Waals surface area contributed by atoms with E-state index in [4.69, 9.17) is 14.7 Å². The second-order valence-corrected chi connectivity index (χ2v) is 12.8. The minimum Gasteiger partial charge on any atom is -0.491 e. The van der Waals surface area contributed by atoms with Gasteiger partial charge in [0.25, 0.3) is 0 Å². The first-order valence-electron chi connectivity index (χ1n) is 14.0. The van der Waals surface area contributed by atoms with Crippen LogP contribution in [0.15, 0.2) is 30.5 Å². The molecule has 2 aliphatic rings. The molecule has 0 unspecified atom stereocenters. The Hall–Kier alpha value is -3.52. The van der Waals surface area contributed by atoms with Crippen molar-refractivity contribution in [2.75, 3.05) is 18.1 Å². The zero-order valence-corrected chi connectivity index (χ0v) is 24.0. The highest BCUT2D eigenvalue weighted by molar-refractivity contribution is 5.78. The summed E-state index contributed by atoms with van der Waals surface area (Å²) in [6, 6.07) is 8.57. The standard InChI is InChI=1S/C31H39N7O/c1-19-34-25-14-21(16-32-28(25)35-19)20-7-8-26-22(13-20)18-38(11-12-39-26)29-23-15-31(5,6)10-9-24(23)36-27(37-29)17-33-30(2,3)4/h7-8,13-14,16,33H,9-12,15,17-18H2,1-6H3,(H,32,34,35). The molecule has 0 amide bonds. The number of nitrogens with one attached hydrogen (secondary N) is 2. The minimum absolute atomic E-state index is 0.0000413. The highest BCUT2D eigenvalue weighted by Gasteiger charge is 2.32. The van der Waals surface area contributed by atoms with E-state index in [9.17, 15) is 0 Å². The number of pyridine rings is 1. The smallest absolute Gasteiger partial charge is 0.177 e. The van der Waals surface area contributed by atoms with Crippen molar-refractivity contribution in [3.63, 3.8) is 0 Å². The molecule has 3 aromatic heterocycles. The van der Waals surface area contributed by atoms with Crippen molar-refractivity contribution >= 4 is 17.0 Å². The summed E-state index contributed by atoms with van der Waals surface area (Å²) in [6.07, 6.45) is 5.03. The molecule has 0 spiro atoms. The van der Waals surface area contributed by atoms with Gasteiger partial charge in [0.2, 0.25) is 0 Å². The number of nitrogens with zero attached hydrogens (tertiary/aromatic N) is 5. The summed E-state index contributed by atoms with van der Waals surface area (Å²) in [6.45, 7) is 16.0. The van der Waals surface area contributed by atoms with E-state index in [1.54, 1.807) is 0 Å². The molecule has 39 heavy (non-hydrogen) atoms. The molecular formula is C31H39N7O. The number of hydrogen-bond donors (Lipinski definition) is 2. The maximum Gasteiger partial charge on any atom is 0.177 e. The molecule has 0 saturated heterocycles. The first-order valence-corrected chi connectivity index (χ1v) is 14.0. The number of aromatic nitrogens is 5. The van der Waals surface area contributed by atoms with Crippen LogP contribution >= 0.6 is 0 Å². The normalized spacial score (nSPS) is 16.9. The van der Waals surface area contributed by atoms with Crippen molar-refractivity contribution in [3.8, 4) is 16.9 Å². The van der Waals surface area contributed by atoms with Crippen molar-refractivity contribution in [2.45, 2.75) is 79.4 Å². The van der Waals surface area contributed by atoms with Gasteiger partial charge in [-0.1, -0.05) is 19.9 Å². The summed E-state index contributed by atoms with van der Waals surface area (Å²) in [5.41, 5.74) is 7.76. The molecule has 8 heteroatoms. The number of ether oxygens (including phenoxy) is 1. The summed E-state index contributed by atoms with van der Waals surface area (Å²) in [5, 5.41) is 3.58. The Bertz CT molecular complexity index is 1530. The molecule has 8 nitrogen and oxygen atoms in total. The number of benzene rings is 1. The summed E-state index contributed by atoms with van der Waals surface area (Å²) in [4.78, 5) is 24.9. The maximum absolute atomic E-state index is 6.24. The van der Waals surface area contributed by atoms with Crippen LogP contribution in [0.5, 0.6) is 5.75 Å². The van der Waals surface area contributed by atoms with E-state index < -0.39 is 0 Å². The molecular weight excluding hydrogens is 486 g/mol. The van der Waals surface area contributed by atoms with Gasteiger partial charge >= 0.3 is 0 Å². The predicted molar refractivity (Wildman–Crippen MR) is 155 cm³/mol. The van der Waals surface area contributed by atoms with Gasteiger partial charge < -0.3 is 19.9 Å². The van der Waals surface area contributed by atoms with Gasteiger partial charge in [0, 0.05) is 40.7 Å². The fourth-order valence-electron chi connectivity index (χ4n) is 5.60. The van der Waals surface area contributed by atoms with Crippen LogP contribution in [0.2, 0.25) is 0 Å². The quantitative estimate of drug-likeness (QED) is 0.362.